The van der Waals surface area contributed by atoms with Crippen LogP contribution in [0, 0.1) is 5.92 Å². The van der Waals surface area contributed by atoms with Crippen LogP contribution in [0.1, 0.15) is 24.8 Å². The average Bonchev–Trinajstić information content (AvgIpc) is 2.93. The van der Waals surface area contributed by atoms with Crippen molar-refractivity contribution in [3.8, 4) is 0 Å². The van der Waals surface area contributed by atoms with E-state index in [-0.39, 0.29) is 23.8 Å². The highest BCUT2D eigenvalue weighted by Crippen LogP contribution is 2.22. The minimum atomic E-state index is -0.158. The fourth-order valence-corrected chi connectivity index (χ4v) is 3.32. The van der Waals surface area contributed by atoms with Gasteiger partial charge in [-0.1, -0.05) is 30.3 Å². The van der Waals surface area contributed by atoms with Gasteiger partial charge in [-0.05, 0) is 18.4 Å². The zero-order chi connectivity index (χ0) is 16.2. The second-order valence-electron chi connectivity index (χ2n) is 6.50. The Morgan fingerprint density at radius 3 is 2.52 bits per heavy atom. The monoisotopic (exact) mass is 316 g/mol. The molecule has 2 aliphatic rings. The van der Waals surface area contributed by atoms with Crippen LogP contribution < -0.4 is 0 Å². The molecule has 5 heteroatoms. The van der Waals surface area contributed by atoms with Gasteiger partial charge in [0.2, 0.25) is 11.8 Å². The Morgan fingerprint density at radius 1 is 1.22 bits per heavy atom. The maximum Gasteiger partial charge on any atom is 0.227 e. The van der Waals surface area contributed by atoms with Crippen molar-refractivity contribution < 1.29 is 14.3 Å². The Morgan fingerprint density at radius 2 is 1.91 bits per heavy atom. The van der Waals surface area contributed by atoms with Gasteiger partial charge < -0.3 is 14.5 Å². The first kappa shape index (κ1) is 16.0. The molecule has 1 atom stereocenters. The summed E-state index contributed by atoms with van der Waals surface area (Å²) in [6, 6.07) is 10.1. The quantitative estimate of drug-likeness (QED) is 0.849. The lowest BCUT2D eigenvalue weighted by molar-refractivity contribution is -0.138. The number of rotatable bonds is 4. The summed E-state index contributed by atoms with van der Waals surface area (Å²) in [7, 11) is 1.76. The Hall–Kier alpha value is -1.88. The first-order valence-electron chi connectivity index (χ1n) is 8.32. The van der Waals surface area contributed by atoms with Gasteiger partial charge in [0, 0.05) is 33.1 Å². The van der Waals surface area contributed by atoms with Crippen molar-refractivity contribution >= 4 is 11.8 Å². The third-order valence-electron chi connectivity index (χ3n) is 4.77. The predicted molar refractivity (Wildman–Crippen MR) is 86.6 cm³/mol. The van der Waals surface area contributed by atoms with Crippen molar-refractivity contribution in [1.29, 1.82) is 0 Å². The third-order valence-corrected chi connectivity index (χ3v) is 4.77. The topological polar surface area (TPSA) is 49.9 Å². The van der Waals surface area contributed by atoms with E-state index < -0.39 is 0 Å². The number of carbonyl (C=O) groups is 2. The zero-order valence-electron chi connectivity index (χ0n) is 13.6. The van der Waals surface area contributed by atoms with Crippen molar-refractivity contribution in [2.75, 3.05) is 26.7 Å². The normalized spacial score (nSPS) is 22.7. The molecule has 3 rings (SSSR count). The lowest BCUT2D eigenvalue weighted by atomic mass is 10.0. The second kappa shape index (κ2) is 7.13. The van der Waals surface area contributed by atoms with Crippen LogP contribution in [0.15, 0.2) is 30.3 Å². The first-order chi connectivity index (χ1) is 11.1. The molecule has 0 aliphatic carbocycles. The minimum Gasteiger partial charge on any atom is -0.373 e. The maximum atomic E-state index is 12.5. The number of piperidine rings is 1. The lowest BCUT2D eigenvalue weighted by Gasteiger charge is -2.33. The molecule has 2 heterocycles. The summed E-state index contributed by atoms with van der Waals surface area (Å²) in [6.45, 7) is 2.64. The van der Waals surface area contributed by atoms with E-state index in [4.69, 9.17) is 4.74 Å². The van der Waals surface area contributed by atoms with Crippen molar-refractivity contribution in [2.45, 2.75) is 32.0 Å². The summed E-state index contributed by atoms with van der Waals surface area (Å²) in [5.41, 5.74) is 1.18. The first-order valence-corrected chi connectivity index (χ1v) is 8.32. The smallest absolute Gasteiger partial charge is 0.227 e. The zero-order valence-corrected chi connectivity index (χ0v) is 13.6. The number of nitrogens with zero attached hydrogens (tertiary/aromatic N) is 2. The van der Waals surface area contributed by atoms with Gasteiger partial charge in [0.05, 0.1) is 18.6 Å². The molecular formula is C18H24N2O3. The van der Waals surface area contributed by atoms with E-state index in [1.165, 1.54) is 5.56 Å². The van der Waals surface area contributed by atoms with Gasteiger partial charge in [-0.15, -0.1) is 0 Å². The molecule has 2 aliphatic heterocycles. The van der Waals surface area contributed by atoms with E-state index in [2.05, 4.69) is 12.1 Å². The van der Waals surface area contributed by atoms with Gasteiger partial charge in [-0.25, -0.2) is 0 Å². The maximum absolute atomic E-state index is 12.5. The van der Waals surface area contributed by atoms with Crippen molar-refractivity contribution in [3.05, 3.63) is 35.9 Å². The SMILES string of the molecule is CN1C[C@H](C(=O)N2CCC(OCc3ccccc3)CC2)CC1=O. The van der Waals surface area contributed by atoms with Gasteiger partial charge in [-0.3, -0.25) is 9.59 Å². The number of hydrogen-bond donors (Lipinski definition) is 0. The fraction of sp³-hybridized carbons (Fsp3) is 0.556. The van der Waals surface area contributed by atoms with Gasteiger partial charge in [-0.2, -0.15) is 0 Å². The van der Waals surface area contributed by atoms with Crippen molar-refractivity contribution in [2.24, 2.45) is 5.92 Å². The van der Waals surface area contributed by atoms with E-state index in [0.29, 0.717) is 19.6 Å². The number of hydrogen-bond acceptors (Lipinski definition) is 3. The summed E-state index contributed by atoms with van der Waals surface area (Å²) in [5, 5.41) is 0. The summed E-state index contributed by atoms with van der Waals surface area (Å²) < 4.78 is 5.96. The molecule has 0 aromatic heterocycles. The molecule has 0 N–H and O–H groups in total. The van der Waals surface area contributed by atoms with E-state index in [1.54, 1.807) is 11.9 Å². The fourth-order valence-electron chi connectivity index (χ4n) is 3.32. The van der Waals surface area contributed by atoms with Crippen LogP contribution >= 0.6 is 0 Å². The predicted octanol–water partition coefficient (Wildman–Crippen LogP) is 1.67. The van der Waals surface area contributed by atoms with Gasteiger partial charge in [0.25, 0.3) is 0 Å². The Kier molecular flexibility index (Phi) is 4.96. The van der Waals surface area contributed by atoms with Gasteiger partial charge in [0.15, 0.2) is 0 Å². The van der Waals surface area contributed by atoms with Gasteiger partial charge in [0.1, 0.15) is 0 Å². The number of ether oxygens (including phenoxy) is 1. The molecule has 2 amide bonds. The van der Waals surface area contributed by atoms with Crippen molar-refractivity contribution in [1.82, 2.24) is 9.80 Å². The third kappa shape index (κ3) is 3.91. The van der Waals surface area contributed by atoms with E-state index in [0.717, 1.165) is 25.9 Å². The van der Waals surface area contributed by atoms with Crippen LogP contribution in [0.3, 0.4) is 0 Å². The molecule has 5 nitrogen and oxygen atoms in total. The lowest BCUT2D eigenvalue weighted by Crippen LogP contribution is -2.44. The van der Waals surface area contributed by atoms with E-state index in [9.17, 15) is 9.59 Å². The molecule has 0 saturated carbocycles. The Bertz CT molecular complexity index is 553. The highest BCUT2D eigenvalue weighted by Gasteiger charge is 2.35. The molecule has 124 valence electrons. The summed E-state index contributed by atoms with van der Waals surface area (Å²) >= 11 is 0. The summed E-state index contributed by atoms with van der Waals surface area (Å²) in [5.74, 6) is 0.0444. The van der Waals surface area contributed by atoms with Crippen LogP contribution in [0.25, 0.3) is 0 Å². The molecular weight excluding hydrogens is 292 g/mol. The molecule has 0 unspecified atom stereocenters. The minimum absolute atomic E-state index is 0.0735. The van der Waals surface area contributed by atoms with Crippen LogP contribution in [-0.4, -0.2) is 54.4 Å². The number of carbonyl (C=O) groups excluding carboxylic acids is 2. The van der Waals surface area contributed by atoms with Crippen LogP contribution in [-0.2, 0) is 20.9 Å². The second-order valence-corrected chi connectivity index (χ2v) is 6.50. The Labute approximate surface area is 137 Å². The average molecular weight is 316 g/mol. The Balaban J connectivity index is 1.43. The van der Waals surface area contributed by atoms with E-state index in [1.807, 2.05) is 23.1 Å². The van der Waals surface area contributed by atoms with Crippen LogP contribution in [0.2, 0.25) is 0 Å². The summed E-state index contributed by atoms with van der Waals surface area (Å²) in [4.78, 5) is 27.6. The van der Waals surface area contributed by atoms with Crippen LogP contribution in [0.4, 0.5) is 0 Å². The molecule has 0 bridgehead atoms. The number of benzene rings is 1. The number of likely N-dealkylation sites (tertiary alicyclic amines) is 2. The molecule has 0 radical (unpaired) electrons. The molecule has 1 aromatic rings. The van der Waals surface area contributed by atoms with E-state index >= 15 is 0 Å². The van der Waals surface area contributed by atoms with Crippen LogP contribution in [0.5, 0.6) is 0 Å². The summed E-state index contributed by atoms with van der Waals surface area (Å²) in [6.07, 6.45) is 2.32. The highest BCUT2D eigenvalue weighted by atomic mass is 16.5. The molecule has 2 saturated heterocycles. The number of amides is 2. The van der Waals surface area contributed by atoms with Gasteiger partial charge >= 0.3 is 0 Å². The van der Waals surface area contributed by atoms with Crippen molar-refractivity contribution in [3.63, 3.8) is 0 Å². The standard InChI is InChI=1S/C18H24N2O3/c1-19-12-15(11-17(19)21)18(22)20-9-7-16(8-10-20)23-13-14-5-3-2-4-6-14/h2-6,15-16H,7-13H2,1H3/t15-/m1/s1. The highest BCUT2D eigenvalue weighted by molar-refractivity contribution is 5.89. The molecule has 23 heavy (non-hydrogen) atoms. The molecule has 1 aromatic carbocycles. The molecule has 2 fully saturated rings. The largest absolute Gasteiger partial charge is 0.373 e. The molecule has 0 spiro atoms.